The number of benzene rings is 1. The van der Waals surface area contributed by atoms with Crippen molar-refractivity contribution in [1.82, 2.24) is 4.90 Å². The SMILES string of the molecule is CC(C)(C)c1ccc(O)c(NC(=O)C2CC(=O)N(CC3CC3)C2)c1. The van der Waals surface area contributed by atoms with E-state index in [-0.39, 0.29) is 35.3 Å². The molecule has 0 radical (unpaired) electrons. The number of amides is 2. The molecule has 1 aliphatic carbocycles. The van der Waals surface area contributed by atoms with Gasteiger partial charge in [-0.15, -0.1) is 0 Å². The Morgan fingerprint density at radius 1 is 1.33 bits per heavy atom. The van der Waals surface area contributed by atoms with E-state index in [1.54, 1.807) is 6.07 Å². The molecular formula is C19H26N2O3. The topological polar surface area (TPSA) is 69.6 Å². The highest BCUT2D eigenvalue weighted by Gasteiger charge is 2.37. The summed E-state index contributed by atoms with van der Waals surface area (Å²) >= 11 is 0. The number of nitrogens with zero attached hydrogens (tertiary/aromatic N) is 1. The predicted molar refractivity (Wildman–Crippen MR) is 92.8 cm³/mol. The van der Waals surface area contributed by atoms with Gasteiger partial charge in [-0.25, -0.2) is 0 Å². The second kappa shape index (κ2) is 6.11. The van der Waals surface area contributed by atoms with Crippen LogP contribution in [-0.4, -0.2) is 34.9 Å². The molecule has 3 rings (SSSR count). The monoisotopic (exact) mass is 330 g/mol. The first-order valence-corrected chi connectivity index (χ1v) is 8.66. The number of nitrogens with one attached hydrogen (secondary N) is 1. The van der Waals surface area contributed by atoms with Crippen LogP contribution < -0.4 is 5.32 Å². The van der Waals surface area contributed by atoms with Crippen molar-refractivity contribution in [2.24, 2.45) is 11.8 Å². The van der Waals surface area contributed by atoms with Gasteiger partial charge >= 0.3 is 0 Å². The fourth-order valence-corrected chi connectivity index (χ4v) is 3.07. The van der Waals surface area contributed by atoms with E-state index in [2.05, 4.69) is 26.1 Å². The predicted octanol–water partition coefficient (Wildman–Crippen LogP) is 2.89. The molecule has 24 heavy (non-hydrogen) atoms. The summed E-state index contributed by atoms with van der Waals surface area (Å²) in [7, 11) is 0. The quantitative estimate of drug-likeness (QED) is 0.834. The number of hydrogen-bond acceptors (Lipinski definition) is 3. The zero-order chi connectivity index (χ0) is 17.5. The molecule has 1 unspecified atom stereocenters. The number of anilines is 1. The fourth-order valence-electron chi connectivity index (χ4n) is 3.07. The molecule has 130 valence electrons. The summed E-state index contributed by atoms with van der Waals surface area (Å²) in [5, 5.41) is 12.8. The van der Waals surface area contributed by atoms with Crippen molar-refractivity contribution in [3.05, 3.63) is 23.8 Å². The fraction of sp³-hybridized carbons (Fsp3) is 0.579. The van der Waals surface area contributed by atoms with Crippen LogP contribution in [0.1, 0.15) is 45.6 Å². The third-order valence-corrected chi connectivity index (χ3v) is 4.88. The van der Waals surface area contributed by atoms with E-state index in [0.29, 0.717) is 18.2 Å². The molecule has 2 fully saturated rings. The van der Waals surface area contributed by atoms with E-state index in [9.17, 15) is 14.7 Å². The lowest BCUT2D eigenvalue weighted by molar-refractivity contribution is -0.128. The van der Waals surface area contributed by atoms with Crippen molar-refractivity contribution in [3.8, 4) is 5.75 Å². The van der Waals surface area contributed by atoms with E-state index in [1.807, 2.05) is 17.0 Å². The highest BCUT2D eigenvalue weighted by atomic mass is 16.3. The Bertz CT molecular complexity index is 659. The van der Waals surface area contributed by atoms with Crippen molar-refractivity contribution >= 4 is 17.5 Å². The summed E-state index contributed by atoms with van der Waals surface area (Å²) in [6.07, 6.45) is 2.64. The van der Waals surface area contributed by atoms with Crippen molar-refractivity contribution in [1.29, 1.82) is 0 Å². The molecule has 0 spiro atoms. The molecule has 0 aromatic heterocycles. The summed E-state index contributed by atoms with van der Waals surface area (Å²) in [6, 6.07) is 5.28. The first kappa shape index (κ1) is 16.8. The summed E-state index contributed by atoms with van der Waals surface area (Å²) in [5.74, 6) is 0.213. The smallest absolute Gasteiger partial charge is 0.229 e. The van der Waals surface area contributed by atoms with E-state index in [1.165, 1.54) is 12.8 Å². The van der Waals surface area contributed by atoms with Gasteiger partial charge in [-0.05, 0) is 41.9 Å². The number of hydrogen-bond donors (Lipinski definition) is 2. The van der Waals surface area contributed by atoms with Crippen molar-refractivity contribution in [2.75, 3.05) is 18.4 Å². The standard InChI is InChI=1S/C19H26N2O3/c1-19(2,3)14-6-7-16(22)15(9-14)20-18(24)13-8-17(23)21(11-13)10-12-4-5-12/h6-7,9,12-13,22H,4-5,8,10-11H2,1-3H3,(H,20,24). The molecule has 1 saturated heterocycles. The zero-order valence-electron chi connectivity index (χ0n) is 14.6. The Morgan fingerprint density at radius 3 is 2.67 bits per heavy atom. The Morgan fingerprint density at radius 2 is 2.04 bits per heavy atom. The highest BCUT2D eigenvalue weighted by molar-refractivity contribution is 5.98. The lowest BCUT2D eigenvalue weighted by Gasteiger charge is -2.21. The summed E-state index contributed by atoms with van der Waals surface area (Å²) in [6.45, 7) is 7.51. The average Bonchev–Trinajstić information content (AvgIpc) is 3.23. The molecule has 2 N–H and O–H groups in total. The first-order valence-electron chi connectivity index (χ1n) is 8.66. The number of rotatable bonds is 4. The minimum absolute atomic E-state index is 0.0514. The largest absolute Gasteiger partial charge is 0.506 e. The number of phenols is 1. The third kappa shape index (κ3) is 3.71. The first-order chi connectivity index (χ1) is 11.2. The van der Waals surface area contributed by atoms with Crippen LogP contribution in [0.5, 0.6) is 5.75 Å². The molecule has 0 bridgehead atoms. The zero-order valence-corrected chi connectivity index (χ0v) is 14.6. The van der Waals surface area contributed by atoms with Gasteiger partial charge in [0.1, 0.15) is 5.75 Å². The normalized spacial score (nSPS) is 21.2. The molecule has 2 amide bonds. The maximum atomic E-state index is 12.5. The maximum absolute atomic E-state index is 12.5. The minimum Gasteiger partial charge on any atom is -0.506 e. The van der Waals surface area contributed by atoms with E-state index in [4.69, 9.17) is 0 Å². The third-order valence-electron chi connectivity index (χ3n) is 4.88. The molecule has 1 saturated carbocycles. The Hall–Kier alpha value is -2.04. The average molecular weight is 330 g/mol. The molecule has 5 nitrogen and oxygen atoms in total. The number of likely N-dealkylation sites (tertiary alicyclic amines) is 1. The van der Waals surface area contributed by atoms with Gasteiger partial charge in [-0.2, -0.15) is 0 Å². The van der Waals surface area contributed by atoms with Crippen LogP contribution in [0.3, 0.4) is 0 Å². The van der Waals surface area contributed by atoms with Gasteiger partial charge < -0.3 is 15.3 Å². The molecule has 5 heteroatoms. The van der Waals surface area contributed by atoms with Crippen molar-refractivity contribution in [2.45, 2.75) is 45.4 Å². The van der Waals surface area contributed by atoms with Gasteiger partial charge in [0.05, 0.1) is 11.6 Å². The molecule has 1 aromatic carbocycles. The van der Waals surface area contributed by atoms with Crippen LogP contribution in [-0.2, 0) is 15.0 Å². The van der Waals surface area contributed by atoms with E-state index < -0.39 is 0 Å². The number of carbonyl (C=O) groups excluding carboxylic acids is 2. The maximum Gasteiger partial charge on any atom is 0.229 e. The van der Waals surface area contributed by atoms with Crippen LogP contribution in [0.15, 0.2) is 18.2 Å². The van der Waals surface area contributed by atoms with Crippen molar-refractivity contribution < 1.29 is 14.7 Å². The number of carbonyl (C=O) groups is 2. The number of phenolic OH excluding ortho intramolecular Hbond substituents is 1. The van der Waals surface area contributed by atoms with Gasteiger partial charge in [0.25, 0.3) is 0 Å². The molecule has 1 aliphatic heterocycles. The summed E-state index contributed by atoms with van der Waals surface area (Å²) in [4.78, 5) is 26.4. The molecular weight excluding hydrogens is 304 g/mol. The van der Waals surface area contributed by atoms with E-state index >= 15 is 0 Å². The van der Waals surface area contributed by atoms with Gasteiger partial charge in [-0.1, -0.05) is 26.8 Å². The van der Waals surface area contributed by atoms with Crippen LogP contribution in [0, 0.1) is 11.8 Å². The van der Waals surface area contributed by atoms with Gasteiger partial charge in [-0.3, -0.25) is 9.59 Å². The summed E-state index contributed by atoms with van der Waals surface area (Å²) < 4.78 is 0. The molecule has 1 aromatic rings. The molecule has 1 atom stereocenters. The van der Waals surface area contributed by atoms with Crippen LogP contribution in [0.25, 0.3) is 0 Å². The number of aromatic hydroxyl groups is 1. The Kier molecular flexibility index (Phi) is 4.28. The van der Waals surface area contributed by atoms with Crippen molar-refractivity contribution in [3.63, 3.8) is 0 Å². The second-order valence-electron chi connectivity index (χ2n) is 8.11. The Labute approximate surface area is 143 Å². The molecule has 1 heterocycles. The van der Waals surface area contributed by atoms with Crippen LogP contribution >= 0.6 is 0 Å². The summed E-state index contributed by atoms with van der Waals surface area (Å²) in [5.41, 5.74) is 1.38. The van der Waals surface area contributed by atoms with Crippen LogP contribution in [0.4, 0.5) is 5.69 Å². The minimum atomic E-state index is -0.339. The van der Waals surface area contributed by atoms with E-state index in [0.717, 1.165) is 12.1 Å². The lowest BCUT2D eigenvalue weighted by Crippen LogP contribution is -2.30. The van der Waals surface area contributed by atoms with Crippen LogP contribution in [0.2, 0.25) is 0 Å². The van der Waals surface area contributed by atoms with Gasteiger partial charge in [0, 0.05) is 19.5 Å². The van der Waals surface area contributed by atoms with Gasteiger partial charge in [0.2, 0.25) is 11.8 Å². The second-order valence-corrected chi connectivity index (χ2v) is 8.11. The molecule has 2 aliphatic rings. The lowest BCUT2D eigenvalue weighted by atomic mass is 9.87. The van der Waals surface area contributed by atoms with Gasteiger partial charge in [0.15, 0.2) is 0 Å². The highest BCUT2D eigenvalue weighted by Crippen LogP contribution is 2.33. The Balaban J connectivity index is 1.67.